The fourth-order valence-electron chi connectivity index (χ4n) is 6.43. The topological polar surface area (TPSA) is 38.7 Å². The van der Waals surface area contributed by atoms with Gasteiger partial charge in [0.2, 0.25) is 0 Å². The summed E-state index contributed by atoms with van der Waals surface area (Å²) in [6.07, 6.45) is 4.27. The van der Waals surface area contributed by atoms with Crippen LogP contribution in [0.5, 0.6) is 0 Å². The van der Waals surface area contributed by atoms with Gasteiger partial charge in [0.25, 0.3) is 0 Å². The Hall–Kier alpha value is -6.19. The van der Waals surface area contributed by atoms with Crippen LogP contribution in [0.3, 0.4) is 0 Å². The molecule has 222 valence electrons. The van der Waals surface area contributed by atoms with Gasteiger partial charge in [-0.1, -0.05) is 146 Å². The standard InChI is InChI=1S/C44H31N3/c1-3-30-22-24-38-36-20-12-10-16-32(36)23-25-39(38)40(30)26-29(2)42-45-43(33-17-8-5-9-18-33)47-44(46-42)41-28-35(31-14-6-4-7-15-31)27-34-19-11-13-21-37(34)41/h3-28H,2H2,1H3/b30-3-,40-26+. The molecule has 0 bridgehead atoms. The number of rotatable bonds is 5. The predicted octanol–water partition coefficient (Wildman–Crippen LogP) is 9.63. The van der Waals surface area contributed by atoms with E-state index in [0.717, 1.165) is 49.0 Å². The van der Waals surface area contributed by atoms with Crippen molar-refractivity contribution >= 4 is 50.0 Å². The summed E-state index contributed by atoms with van der Waals surface area (Å²) in [7, 11) is 0. The average molecular weight is 602 g/mol. The molecule has 0 saturated heterocycles. The van der Waals surface area contributed by atoms with Crippen molar-refractivity contribution in [1.29, 1.82) is 0 Å². The van der Waals surface area contributed by atoms with E-state index in [9.17, 15) is 0 Å². The van der Waals surface area contributed by atoms with Crippen LogP contribution in [0, 0.1) is 0 Å². The van der Waals surface area contributed by atoms with Gasteiger partial charge in [-0.15, -0.1) is 0 Å². The molecule has 47 heavy (non-hydrogen) atoms. The number of allylic oxidation sites excluding steroid dienone is 1. The van der Waals surface area contributed by atoms with Crippen LogP contribution in [0.2, 0.25) is 0 Å². The third-order valence-electron chi connectivity index (χ3n) is 8.80. The van der Waals surface area contributed by atoms with Crippen LogP contribution in [-0.2, 0) is 0 Å². The molecule has 0 N–H and O–H groups in total. The molecule has 0 amide bonds. The monoisotopic (exact) mass is 601 g/mol. The number of hydrogen-bond acceptors (Lipinski definition) is 3. The van der Waals surface area contributed by atoms with Crippen molar-refractivity contribution in [3.05, 3.63) is 168 Å². The van der Waals surface area contributed by atoms with E-state index < -0.39 is 0 Å². The van der Waals surface area contributed by atoms with Crippen LogP contribution in [-0.4, -0.2) is 15.0 Å². The minimum atomic E-state index is 0.544. The van der Waals surface area contributed by atoms with Gasteiger partial charge in [0.1, 0.15) is 0 Å². The minimum absolute atomic E-state index is 0.544. The van der Waals surface area contributed by atoms with Crippen molar-refractivity contribution in [2.75, 3.05) is 0 Å². The van der Waals surface area contributed by atoms with E-state index in [2.05, 4.69) is 135 Å². The number of hydrogen-bond donors (Lipinski definition) is 0. The van der Waals surface area contributed by atoms with Crippen molar-refractivity contribution in [2.45, 2.75) is 6.92 Å². The second-order valence-electron chi connectivity index (χ2n) is 11.7. The van der Waals surface area contributed by atoms with Crippen LogP contribution in [0.25, 0.3) is 83.9 Å². The Balaban J connectivity index is 1.37. The van der Waals surface area contributed by atoms with E-state index >= 15 is 0 Å². The zero-order valence-electron chi connectivity index (χ0n) is 26.1. The normalized spacial score (nSPS) is 12.3. The van der Waals surface area contributed by atoms with Gasteiger partial charge in [0.05, 0.1) is 0 Å². The summed E-state index contributed by atoms with van der Waals surface area (Å²) in [6.45, 7) is 6.61. The average Bonchev–Trinajstić information content (AvgIpc) is 3.14. The van der Waals surface area contributed by atoms with Gasteiger partial charge in [-0.2, -0.15) is 0 Å². The molecule has 3 nitrogen and oxygen atoms in total. The van der Waals surface area contributed by atoms with Crippen LogP contribution in [0.4, 0.5) is 0 Å². The molecule has 0 aliphatic carbocycles. The SMILES string of the molecule is C=C(/C=c1\c(=C/C)ccc2c1ccc1ccccc12)c1nc(-c2ccccc2)nc(-c2cc(-c3ccccc3)cc3ccccc23)n1. The summed E-state index contributed by atoms with van der Waals surface area (Å²) in [5.74, 6) is 1.77. The summed E-state index contributed by atoms with van der Waals surface area (Å²) in [6, 6.07) is 50.7. The number of aromatic nitrogens is 3. The van der Waals surface area contributed by atoms with E-state index in [-0.39, 0.29) is 0 Å². The summed E-state index contributed by atoms with van der Waals surface area (Å²) < 4.78 is 0. The van der Waals surface area contributed by atoms with Gasteiger partial charge in [-0.05, 0) is 79.0 Å². The maximum atomic E-state index is 5.13. The first-order valence-electron chi connectivity index (χ1n) is 15.8. The zero-order valence-corrected chi connectivity index (χ0v) is 26.1. The molecule has 1 heterocycles. The highest BCUT2D eigenvalue weighted by atomic mass is 15.0. The fourth-order valence-corrected chi connectivity index (χ4v) is 6.43. The molecule has 0 fully saturated rings. The van der Waals surface area contributed by atoms with Crippen LogP contribution < -0.4 is 10.4 Å². The molecule has 0 saturated carbocycles. The summed E-state index contributed by atoms with van der Waals surface area (Å²) in [5, 5.41) is 9.26. The van der Waals surface area contributed by atoms with Crippen LogP contribution in [0.1, 0.15) is 12.7 Å². The zero-order chi connectivity index (χ0) is 31.7. The number of nitrogens with zero attached hydrogens (tertiary/aromatic N) is 3. The Morgan fingerprint density at radius 1 is 0.511 bits per heavy atom. The third-order valence-corrected chi connectivity index (χ3v) is 8.80. The van der Waals surface area contributed by atoms with Gasteiger partial charge in [0, 0.05) is 16.7 Å². The predicted molar refractivity (Wildman–Crippen MR) is 198 cm³/mol. The molecule has 8 rings (SSSR count). The largest absolute Gasteiger partial charge is 0.208 e. The van der Waals surface area contributed by atoms with Crippen molar-refractivity contribution in [1.82, 2.24) is 15.0 Å². The summed E-state index contributed by atoms with van der Waals surface area (Å²) in [4.78, 5) is 15.2. The molecule has 0 unspecified atom stereocenters. The van der Waals surface area contributed by atoms with Crippen molar-refractivity contribution in [2.24, 2.45) is 0 Å². The lowest BCUT2D eigenvalue weighted by molar-refractivity contribution is 1.04. The second-order valence-corrected chi connectivity index (χ2v) is 11.7. The van der Waals surface area contributed by atoms with Gasteiger partial charge in [-0.25, -0.2) is 15.0 Å². The van der Waals surface area contributed by atoms with Crippen molar-refractivity contribution in [3.63, 3.8) is 0 Å². The Bertz CT molecular complexity index is 2590. The first-order valence-corrected chi connectivity index (χ1v) is 15.8. The lowest BCUT2D eigenvalue weighted by Crippen LogP contribution is -2.25. The summed E-state index contributed by atoms with van der Waals surface area (Å²) >= 11 is 0. The quantitative estimate of drug-likeness (QED) is 0.184. The highest BCUT2D eigenvalue weighted by molar-refractivity contribution is 6.08. The first kappa shape index (κ1) is 28.3. The Morgan fingerprint density at radius 2 is 1.15 bits per heavy atom. The fraction of sp³-hybridized carbons (Fsp3) is 0.0227. The van der Waals surface area contributed by atoms with Crippen molar-refractivity contribution < 1.29 is 0 Å². The first-order chi connectivity index (χ1) is 23.2. The molecular weight excluding hydrogens is 571 g/mol. The number of fused-ring (bicyclic) bond motifs is 4. The molecule has 3 heteroatoms. The Labute approximate surface area is 273 Å². The van der Waals surface area contributed by atoms with Crippen LogP contribution in [0.15, 0.2) is 152 Å². The molecule has 8 aromatic rings. The Morgan fingerprint density at radius 3 is 1.91 bits per heavy atom. The second kappa shape index (κ2) is 12.0. The molecule has 7 aromatic carbocycles. The lowest BCUT2D eigenvalue weighted by Gasteiger charge is -2.13. The van der Waals surface area contributed by atoms with E-state index in [4.69, 9.17) is 15.0 Å². The minimum Gasteiger partial charge on any atom is -0.208 e. The molecule has 0 spiro atoms. The third kappa shape index (κ3) is 5.28. The van der Waals surface area contributed by atoms with Crippen LogP contribution >= 0.6 is 0 Å². The van der Waals surface area contributed by atoms with Gasteiger partial charge >= 0.3 is 0 Å². The van der Waals surface area contributed by atoms with Gasteiger partial charge in [-0.3, -0.25) is 0 Å². The lowest BCUT2D eigenvalue weighted by atomic mass is 9.96. The molecule has 1 aromatic heterocycles. The Kier molecular flexibility index (Phi) is 7.20. The molecule has 0 atom stereocenters. The van der Waals surface area contributed by atoms with E-state index in [1.54, 1.807) is 0 Å². The summed E-state index contributed by atoms with van der Waals surface area (Å²) in [5.41, 5.74) is 4.85. The van der Waals surface area contributed by atoms with Gasteiger partial charge < -0.3 is 0 Å². The van der Waals surface area contributed by atoms with E-state index in [1.165, 1.54) is 21.5 Å². The molecule has 0 aliphatic rings. The molecule has 0 aliphatic heterocycles. The van der Waals surface area contributed by atoms with Crippen molar-refractivity contribution in [3.8, 4) is 33.9 Å². The highest BCUT2D eigenvalue weighted by Gasteiger charge is 2.16. The smallest absolute Gasteiger partial charge is 0.164 e. The molecular formula is C44H31N3. The van der Waals surface area contributed by atoms with E-state index in [0.29, 0.717) is 17.5 Å². The van der Waals surface area contributed by atoms with E-state index in [1.807, 2.05) is 36.4 Å². The van der Waals surface area contributed by atoms with Gasteiger partial charge in [0.15, 0.2) is 17.5 Å². The number of benzene rings is 7. The molecule has 0 radical (unpaired) electrons. The maximum absolute atomic E-state index is 5.13. The highest BCUT2D eigenvalue weighted by Crippen LogP contribution is 2.34. The maximum Gasteiger partial charge on any atom is 0.164 e.